The van der Waals surface area contributed by atoms with Crippen molar-refractivity contribution in [2.45, 2.75) is 44.2 Å². The van der Waals surface area contributed by atoms with E-state index < -0.39 is 10.0 Å². The van der Waals surface area contributed by atoms with Gasteiger partial charge >= 0.3 is 0 Å². The smallest absolute Gasteiger partial charge is 0.243 e. The number of sulfonamides is 1. The summed E-state index contributed by atoms with van der Waals surface area (Å²) >= 11 is 0. The van der Waals surface area contributed by atoms with E-state index in [-0.39, 0.29) is 12.1 Å². The second-order valence-corrected chi connectivity index (χ2v) is 9.17. The van der Waals surface area contributed by atoms with Gasteiger partial charge in [0.05, 0.1) is 4.90 Å². The summed E-state index contributed by atoms with van der Waals surface area (Å²) in [6.07, 6.45) is 1.10. The highest BCUT2D eigenvalue weighted by Crippen LogP contribution is 2.23. The normalized spacial score (nSPS) is 23.8. The van der Waals surface area contributed by atoms with Crippen LogP contribution in [-0.2, 0) is 10.0 Å². The first kappa shape index (κ1) is 19.4. The molecular formula is C18H31N3O2S. The van der Waals surface area contributed by atoms with Crippen LogP contribution in [0.2, 0.25) is 0 Å². The lowest BCUT2D eigenvalue weighted by atomic mass is 10.1. The topological polar surface area (TPSA) is 43.9 Å². The molecule has 0 bridgehead atoms. The zero-order valence-electron chi connectivity index (χ0n) is 15.6. The van der Waals surface area contributed by atoms with Crippen LogP contribution in [0.5, 0.6) is 0 Å². The van der Waals surface area contributed by atoms with Crippen molar-refractivity contribution < 1.29 is 8.42 Å². The predicted octanol–water partition coefficient (Wildman–Crippen LogP) is 2.03. The van der Waals surface area contributed by atoms with Crippen LogP contribution < -0.4 is 0 Å². The summed E-state index contributed by atoms with van der Waals surface area (Å²) in [5.74, 6) is 0. The summed E-state index contributed by atoms with van der Waals surface area (Å²) in [6, 6.07) is 7.65. The molecule has 0 aliphatic carbocycles. The largest absolute Gasteiger partial charge is 0.309 e. The van der Waals surface area contributed by atoms with Gasteiger partial charge in [0.15, 0.2) is 0 Å². The Morgan fingerprint density at radius 2 is 1.79 bits per heavy atom. The third-order valence-corrected chi connectivity index (χ3v) is 6.54. The Morgan fingerprint density at radius 3 is 2.33 bits per heavy atom. The molecule has 1 fully saturated rings. The molecule has 1 saturated heterocycles. The Kier molecular flexibility index (Phi) is 6.42. The first-order chi connectivity index (χ1) is 11.2. The Morgan fingerprint density at radius 1 is 1.17 bits per heavy atom. The van der Waals surface area contributed by atoms with E-state index in [1.807, 2.05) is 19.1 Å². The fourth-order valence-electron chi connectivity index (χ4n) is 3.44. The molecule has 1 aromatic carbocycles. The van der Waals surface area contributed by atoms with E-state index in [0.717, 1.165) is 25.1 Å². The van der Waals surface area contributed by atoms with Gasteiger partial charge in [-0.1, -0.05) is 12.1 Å². The zero-order valence-corrected chi connectivity index (χ0v) is 16.4. The summed E-state index contributed by atoms with van der Waals surface area (Å²) in [5.41, 5.74) is 0.972. The van der Waals surface area contributed by atoms with Gasteiger partial charge in [0, 0.05) is 31.7 Å². The maximum Gasteiger partial charge on any atom is 0.243 e. The first-order valence-electron chi connectivity index (χ1n) is 8.69. The van der Waals surface area contributed by atoms with Gasteiger partial charge in [0.2, 0.25) is 10.0 Å². The van der Waals surface area contributed by atoms with E-state index in [0.29, 0.717) is 18.0 Å². The Balaban J connectivity index is 2.07. The lowest BCUT2D eigenvalue weighted by Crippen LogP contribution is -2.58. The van der Waals surface area contributed by atoms with Gasteiger partial charge in [-0.15, -0.1) is 0 Å². The van der Waals surface area contributed by atoms with E-state index in [1.54, 1.807) is 16.4 Å². The highest BCUT2D eigenvalue weighted by atomic mass is 32.2. The van der Waals surface area contributed by atoms with Crippen molar-refractivity contribution in [3.63, 3.8) is 0 Å². The fourth-order valence-corrected chi connectivity index (χ4v) is 5.15. The molecule has 0 saturated carbocycles. The van der Waals surface area contributed by atoms with Crippen molar-refractivity contribution in [3.8, 4) is 0 Å². The maximum absolute atomic E-state index is 12.9. The molecule has 0 amide bonds. The highest BCUT2D eigenvalue weighted by molar-refractivity contribution is 7.89. The van der Waals surface area contributed by atoms with Crippen LogP contribution >= 0.6 is 0 Å². The second kappa shape index (κ2) is 7.95. The van der Waals surface area contributed by atoms with Crippen LogP contribution in [0.15, 0.2) is 29.2 Å². The minimum atomic E-state index is -3.41. The van der Waals surface area contributed by atoms with Crippen LogP contribution in [0.4, 0.5) is 0 Å². The lowest BCUT2D eigenvalue weighted by Gasteiger charge is -2.44. The van der Waals surface area contributed by atoms with Crippen LogP contribution in [0.3, 0.4) is 0 Å². The van der Waals surface area contributed by atoms with E-state index in [1.165, 1.54) is 0 Å². The fraction of sp³-hybridized carbons (Fsp3) is 0.667. The van der Waals surface area contributed by atoms with Gasteiger partial charge in [-0.3, -0.25) is 4.90 Å². The molecule has 0 radical (unpaired) electrons. The average molecular weight is 354 g/mol. The summed E-state index contributed by atoms with van der Waals surface area (Å²) in [5, 5.41) is 0. The molecule has 5 nitrogen and oxygen atoms in total. The zero-order chi connectivity index (χ0) is 17.9. The Hall–Kier alpha value is -0.950. The first-order valence-corrected chi connectivity index (χ1v) is 10.1. The van der Waals surface area contributed by atoms with Gasteiger partial charge in [-0.05, 0) is 65.5 Å². The maximum atomic E-state index is 12.9. The van der Waals surface area contributed by atoms with Crippen LogP contribution in [0.1, 0.15) is 25.8 Å². The van der Waals surface area contributed by atoms with E-state index >= 15 is 0 Å². The van der Waals surface area contributed by atoms with E-state index in [9.17, 15) is 8.42 Å². The van der Waals surface area contributed by atoms with Crippen molar-refractivity contribution in [1.82, 2.24) is 14.1 Å². The second-order valence-electron chi connectivity index (χ2n) is 7.23. The summed E-state index contributed by atoms with van der Waals surface area (Å²) < 4.78 is 27.5. The van der Waals surface area contributed by atoms with Crippen LogP contribution in [0, 0.1) is 6.92 Å². The Bertz CT molecular complexity index is 633. The van der Waals surface area contributed by atoms with E-state index in [2.05, 4.69) is 37.7 Å². The molecule has 1 aromatic rings. The molecule has 2 unspecified atom stereocenters. The van der Waals surface area contributed by atoms with Crippen molar-refractivity contribution >= 4 is 10.0 Å². The number of hydrogen-bond donors (Lipinski definition) is 0. The highest BCUT2D eigenvalue weighted by Gasteiger charge is 2.35. The SMILES string of the molecule is Cc1cccc(S(=O)(=O)N2CC(C)N(CCCN(C)C)C(C)C2)c1. The number of hydrogen-bond acceptors (Lipinski definition) is 4. The van der Waals surface area contributed by atoms with Crippen LogP contribution in [0.25, 0.3) is 0 Å². The molecule has 6 heteroatoms. The number of aryl methyl sites for hydroxylation is 1. The van der Waals surface area contributed by atoms with Gasteiger partial charge < -0.3 is 4.90 Å². The molecule has 0 aromatic heterocycles. The monoisotopic (exact) mass is 353 g/mol. The third-order valence-electron chi connectivity index (χ3n) is 4.72. The van der Waals surface area contributed by atoms with Crippen LogP contribution in [-0.4, -0.2) is 74.9 Å². The van der Waals surface area contributed by atoms with Crippen molar-refractivity contribution in [1.29, 1.82) is 0 Å². The van der Waals surface area contributed by atoms with Gasteiger partial charge in [0.1, 0.15) is 0 Å². The van der Waals surface area contributed by atoms with Crippen molar-refractivity contribution in [3.05, 3.63) is 29.8 Å². The molecule has 136 valence electrons. The summed E-state index contributed by atoms with van der Waals surface area (Å²) in [7, 11) is 0.756. The molecule has 24 heavy (non-hydrogen) atoms. The minimum Gasteiger partial charge on any atom is -0.309 e. The third kappa shape index (κ3) is 4.57. The number of nitrogens with zero attached hydrogens (tertiary/aromatic N) is 3. The number of rotatable bonds is 6. The summed E-state index contributed by atoms with van der Waals surface area (Å²) in [6.45, 7) is 9.37. The lowest BCUT2D eigenvalue weighted by molar-refractivity contribution is 0.0740. The average Bonchev–Trinajstić information content (AvgIpc) is 2.49. The summed E-state index contributed by atoms with van der Waals surface area (Å²) in [4.78, 5) is 5.03. The minimum absolute atomic E-state index is 0.232. The van der Waals surface area contributed by atoms with Gasteiger partial charge in [0.25, 0.3) is 0 Å². The molecule has 1 aliphatic heterocycles. The molecule has 1 aliphatic rings. The van der Waals surface area contributed by atoms with Gasteiger partial charge in [-0.2, -0.15) is 4.31 Å². The molecule has 2 rings (SSSR count). The predicted molar refractivity (Wildman–Crippen MR) is 98.7 cm³/mol. The molecule has 2 atom stereocenters. The number of benzene rings is 1. The standard InChI is InChI=1S/C18H31N3O2S/c1-15-8-6-9-18(12-15)24(22,23)20-13-16(2)21(17(3)14-20)11-7-10-19(4)5/h6,8-9,12,16-17H,7,10-11,13-14H2,1-5H3. The quantitative estimate of drug-likeness (QED) is 0.785. The number of piperazine rings is 1. The van der Waals surface area contributed by atoms with Gasteiger partial charge in [-0.25, -0.2) is 8.42 Å². The van der Waals surface area contributed by atoms with Crippen molar-refractivity contribution in [2.24, 2.45) is 0 Å². The van der Waals surface area contributed by atoms with E-state index in [4.69, 9.17) is 0 Å². The Labute approximate surface area is 147 Å². The molecular weight excluding hydrogens is 322 g/mol. The molecule has 1 heterocycles. The molecule has 0 N–H and O–H groups in total. The van der Waals surface area contributed by atoms with Crippen molar-refractivity contribution in [2.75, 3.05) is 40.3 Å². The molecule has 0 spiro atoms.